The van der Waals surface area contributed by atoms with Crippen LogP contribution in [0.3, 0.4) is 0 Å². The Bertz CT molecular complexity index is 1500. The minimum atomic E-state index is -1.30. The molecule has 1 aliphatic rings. The summed E-state index contributed by atoms with van der Waals surface area (Å²) in [4.78, 5) is 45.1. The van der Waals surface area contributed by atoms with Crippen LogP contribution in [0.5, 0.6) is 5.75 Å². The summed E-state index contributed by atoms with van der Waals surface area (Å²) in [5.41, 5.74) is -0.803. The number of aromatic nitrogens is 4. The van der Waals surface area contributed by atoms with E-state index in [2.05, 4.69) is 10.1 Å². The second-order valence-electron chi connectivity index (χ2n) is 8.64. The van der Waals surface area contributed by atoms with E-state index in [1.165, 1.54) is 28.0 Å². The lowest BCUT2D eigenvalue weighted by molar-refractivity contribution is -0.119. The van der Waals surface area contributed by atoms with Gasteiger partial charge in [-0.2, -0.15) is 4.98 Å². The molecule has 0 N–H and O–H groups in total. The van der Waals surface area contributed by atoms with Gasteiger partial charge in [-0.3, -0.25) is 18.7 Å². The largest absolute Gasteiger partial charge is 0.485 e. The minimum Gasteiger partial charge on any atom is -0.485 e. The Hall–Kier alpha value is -3.87. The van der Waals surface area contributed by atoms with Crippen molar-refractivity contribution in [2.24, 2.45) is 0 Å². The summed E-state index contributed by atoms with van der Waals surface area (Å²) in [7, 11) is 0. The number of rotatable bonds is 9. The molecule has 37 heavy (non-hydrogen) atoms. The van der Waals surface area contributed by atoms with Gasteiger partial charge in [0, 0.05) is 19.1 Å². The molecule has 0 aliphatic carbocycles. The van der Waals surface area contributed by atoms with Gasteiger partial charge in [-0.1, -0.05) is 11.2 Å². The first-order chi connectivity index (χ1) is 18.0. The molecule has 5 rings (SSSR count). The average molecular weight is 532 g/mol. The fourth-order valence-corrected chi connectivity index (χ4v) is 5.08. The molecule has 10 nitrogen and oxygen atoms in total. The van der Waals surface area contributed by atoms with Crippen LogP contribution in [0.4, 0.5) is 8.78 Å². The van der Waals surface area contributed by atoms with E-state index in [1.807, 2.05) is 17.5 Å². The third kappa shape index (κ3) is 4.90. The van der Waals surface area contributed by atoms with Gasteiger partial charge in [-0.25, -0.2) is 13.6 Å². The van der Waals surface area contributed by atoms with Gasteiger partial charge in [0.15, 0.2) is 11.9 Å². The van der Waals surface area contributed by atoms with Crippen LogP contribution in [0.15, 0.2) is 49.8 Å². The van der Waals surface area contributed by atoms with Crippen molar-refractivity contribution in [2.75, 3.05) is 26.4 Å². The van der Waals surface area contributed by atoms with Crippen molar-refractivity contribution >= 4 is 28.6 Å². The number of likely N-dealkylation sites (tertiary alicyclic amines) is 1. The van der Waals surface area contributed by atoms with Crippen LogP contribution in [0.25, 0.3) is 21.7 Å². The molecule has 0 saturated carbocycles. The molecule has 0 unspecified atom stereocenters. The summed E-state index contributed by atoms with van der Waals surface area (Å²) in [5, 5.41) is 5.94. The number of nitrogens with zero attached hydrogens (tertiary/aromatic N) is 5. The predicted molar refractivity (Wildman–Crippen MR) is 131 cm³/mol. The number of piperidine rings is 1. The molecular weight excluding hydrogens is 508 g/mol. The van der Waals surface area contributed by atoms with Crippen LogP contribution >= 0.6 is 11.3 Å². The molecular formula is C24H23F2N5O5S. The normalized spacial score (nSPS) is 14.5. The van der Waals surface area contributed by atoms with Crippen molar-refractivity contribution in [1.29, 1.82) is 0 Å². The van der Waals surface area contributed by atoms with Crippen molar-refractivity contribution in [1.82, 2.24) is 24.2 Å². The van der Waals surface area contributed by atoms with Gasteiger partial charge in [-0.15, -0.1) is 11.3 Å². The quantitative estimate of drug-likeness (QED) is 0.305. The topological polar surface area (TPSA) is 112 Å². The SMILES string of the molecule is O=CN1CCC(n2c(=O)n(Cc3noc(-c4cccs4)n3)c(=O)c3cc(OC(CF)CF)ccc32)CC1. The van der Waals surface area contributed by atoms with Gasteiger partial charge in [0.05, 0.1) is 22.3 Å². The third-order valence-electron chi connectivity index (χ3n) is 6.30. The molecule has 4 aromatic rings. The van der Waals surface area contributed by atoms with Crippen LogP contribution in [-0.4, -0.2) is 63.1 Å². The van der Waals surface area contributed by atoms with Gasteiger partial charge in [0.2, 0.25) is 6.41 Å². The van der Waals surface area contributed by atoms with Crippen molar-refractivity contribution < 1.29 is 22.8 Å². The Kier molecular flexibility index (Phi) is 7.12. The number of hydrogen-bond donors (Lipinski definition) is 0. The second kappa shape index (κ2) is 10.6. The van der Waals surface area contributed by atoms with Crippen molar-refractivity contribution in [3.8, 4) is 16.5 Å². The number of ether oxygens (including phenoxy) is 1. The molecule has 194 valence electrons. The molecule has 0 radical (unpaired) electrons. The van der Waals surface area contributed by atoms with E-state index in [4.69, 9.17) is 9.26 Å². The smallest absolute Gasteiger partial charge is 0.332 e. The van der Waals surface area contributed by atoms with E-state index in [0.29, 0.717) is 31.4 Å². The molecule has 0 atom stereocenters. The van der Waals surface area contributed by atoms with Gasteiger partial charge in [0.1, 0.15) is 19.1 Å². The van der Waals surface area contributed by atoms with E-state index in [-0.39, 0.29) is 35.4 Å². The van der Waals surface area contributed by atoms with E-state index in [0.717, 1.165) is 15.9 Å². The van der Waals surface area contributed by atoms with Gasteiger partial charge in [0.25, 0.3) is 11.4 Å². The van der Waals surface area contributed by atoms with Gasteiger partial charge in [-0.05, 0) is 42.5 Å². The zero-order chi connectivity index (χ0) is 25.9. The lowest BCUT2D eigenvalue weighted by atomic mass is 10.0. The highest BCUT2D eigenvalue weighted by atomic mass is 32.1. The van der Waals surface area contributed by atoms with E-state index in [9.17, 15) is 23.2 Å². The Morgan fingerprint density at radius 3 is 2.65 bits per heavy atom. The first kappa shape index (κ1) is 24.8. The molecule has 0 spiro atoms. The number of benzene rings is 1. The molecule has 3 aromatic heterocycles. The fraction of sp³-hybridized carbons (Fsp3) is 0.375. The Balaban J connectivity index is 1.60. The maximum Gasteiger partial charge on any atom is 0.332 e. The van der Waals surface area contributed by atoms with Gasteiger partial charge >= 0.3 is 5.69 Å². The molecule has 13 heteroatoms. The Labute approximate surface area is 212 Å². The monoisotopic (exact) mass is 531 g/mol. The van der Waals surface area contributed by atoms with E-state index >= 15 is 0 Å². The summed E-state index contributed by atoms with van der Waals surface area (Å²) >= 11 is 1.41. The number of carbonyl (C=O) groups is 1. The van der Waals surface area contributed by atoms with Gasteiger partial charge < -0.3 is 14.2 Å². The number of amides is 1. The van der Waals surface area contributed by atoms with Crippen LogP contribution < -0.4 is 16.0 Å². The molecule has 1 saturated heterocycles. The fourth-order valence-electron chi connectivity index (χ4n) is 4.43. The summed E-state index contributed by atoms with van der Waals surface area (Å²) < 4.78 is 39.3. The lowest BCUT2D eigenvalue weighted by Gasteiger charge is -2.31. The molecule has 0 bridgehead atoms. The summed E-state index contributed by atoms with van der Waals surface area (Å²) in [5.74, 6) is 0.531. The minimum absolute atomic E-state index is 0.108. The highest BCUT2D eigenvalue weighted by molar-refractivity contribution is 7.13. The Morgan fingerprint density at radius 2 is 1.97 bits per heavy atom. The van der Waals surface area contributed by atoms with Crippen LogP contribution in [0, 0.1) is 0 Å². The first-order valence-electron chi connectivity index (χ1n) is 11.7. The van der Waals surface area contributed by atoms with Crippen LogP contribution in [0.1, 0.15) is 24.7 Å². The zero-order valence-electron chi connectivity index (χ0n) is 19.6. The molecule has 1 fully saturated rings. The Morgan fingerprint density at radius 1 is 1.19 bits per heavy atom. The van der Waals surface area contributed by atoms with E-state index in [1.54, 1.807) is 11.0 Å². The highest BCUT2D eigenvalue weighted by Gasteiger charge is 2.25. The van der Waals surface area contributed by atoms with Crippen molar-refractivity contribution in [3.05, 3.63) is 62.4 Å². The average Bonchev–Trinajstić information content (AvgIpc) is 3.63. The molecule has 4 heterocycles. The highest BCUT2D eigenvalue weighted by Crippen LogP contribution is 2.26. The third-order valence-corrected chi connectivity index (χ3v) is 7.16. The molecule has 1 aromatic carbocycles. The predicted octanol–water partition coefficient (Wildman–Crippen LogP) is 2.80. The van der Waals surface area contributed by atoms with Crippen LogP contribution in [0.2, 0.25) is 0 Å². The van der Waals surface area contributed by atoms with E-state index < -0.39 is 30.7 Å². The first-order valence-corrected chi connectivity index (χ1v) is 12.5. The molecule has 1 amide bonds. The van der Waals surface area contributed by atoms with Crippen molar-refractivity contribution in [2.45, 2.75) is 31.5 Å². The standard InChI is InChI=1S/C24H23F2N5O5S/c25-11-17(12-26)35-16-3-4-19-18(10-16)23(33)30(13-21-27-22(36-28-21)20-2-1-9-37-20)24(34)31(19)15-5-7-29(14-32)8-6-15/h1-4,9-10,14-15,17H,5-8,11-13H2. The number of alkyl halides is 2. The number of halogens is 2. The second-order valence-corrected chi connectivity index (χ2v) is 9.58. The molecule has 1 aliphatic heterocycles. The van der Waals surface area contributed by atoms with Crippen LogP contribution in [-0.2, 0) is 11.3 Å². The number of fused-ring (bicyclic) bond motifs is 1. The van der Waals surface area contributed by atoms with Crippen molar-refractivity contribution in [3.63, 3.8) is 0 Å². The number of carbonyl (C=O) groups excluding carboxylic acids is 1. The lowest BCUT2D eigenvalue weighted by Crippen LogP contribution is -2.44. The number of hydrogen-bond acceptors (Lipinski definition) is 8. The zero-order valence-corrected chi connectivity index (χ0v) is 20.4. The maximum absolute atomic E-state index is 13.7. The number of thiophene rings is 1. The maximum atomic E-state index is 13.7. The summed E-state index contributed by atoms with van der Waals surface area (Å²) in [6.07, 6.45) is 0.504. The summed E-state index contributed by atoms with van der Waals surface area (Å²) in [6, 6.07) is 7.78. The summed E-state index contributed by atoms with van der Waals surface area (Å²) in [6.45, 7) is -1.37.